The largest absolute Gasteiger partial charge is 0.286 e. The molecule has 0 bridgehead atoms. The molecule has 0 N–H and O–H groups in total. The lowest BCUT2D eigenvalue weighted by Gasteiger charge is -2.20. The highest BCUT2D eigenvalue weighted by Gasteiger charge is 2.20. The van der Waals surface area contributed by atoms with Crippen LogP contribution in [0.1, 0.15) is 36.7 Å². The molecule has 3 aromatic rings. The third kappa shape index (κ3) is 3.91. The van der Waals surface area contributed by atoms with Crippen LogP contribution in [0.2, 0.25) is 5.02 Å². The molecule has 1 amide bonds. The van der Waals surface area contributed by atoms with E-state index in [0.29, 0.717) is 24.5 Å². The van der Waals surface area contributed by atoms with E-state index in [1.165, 1.54) is 11.3 Å². The van der Waals surface area contributed by atoms with Gasteiger partial charge in [0, 0.05) is 23.7 Å². The first-order valence-electron chi connectivity index (χ1n) is 8.77. The molecule has 2 aromatic heterocycles. The van der Waals surface area contributed by atoms with Crippen LogP contribution in [0.15, 0.2) is 18.2 Å². The van der Waals surface area contributed by atoms with Gasteiger partial charge in [0.25, 0.3) is 0 Å². The number of aryl methyl sites for hydroxylation is 3. The molecule has 0 radical (unpaired) electrons. The topological polar surface area (TPSA) is 51.0 Å². The fourth-order valence-corrected chi connectivity index (χ4v) is 4.49. The van der Waals surface area contributed by atoms with Gasteiger partial charge in [0.1, 0.15) is 0 Å². The van der Waals surface area contributed by atoms with Gasteiger partial charge in [-0.2, -0.15) is 5.10 Å². The molecule has 0 atom stereocenters. The third-order valence-electron chi connectivity index (χ3n) is 4.27. The molecule has 26 heavy (non-hydrogen) atoms. The zero-order chi connectivity index (χ0) is 18.8. The predicted octanol–water partition coefficient (Wildman–Crippen LogP) is 4.90. The summed E-state index contributed by atoms with van der Waals surface area (Å²) < 4.78 is 2.95. The minimum absolute atomic E-state index is 0.0943. The SMILES string of the molecule is CCCC(=O)N(CCn1nc(C)cc1C)c1nc2c(C)cc(Cl)cc2s1. The number of rotatable bonds is 6. The molecule has 0 aliphatic heterocycles. The summed E-state index contributed by atoms with van der Waals surface area (Å²) in [4.78, 5) is 19.2. The molecule has 0 saturated heterocycles. The summed E-state index contributed by atoms with van der Waals surface area (Å²) in [5, 5.41) is 5.91. The summed E-state index contributed by atoms with van der Waals surface area (Å²) in [5.41, 5.74) is 4.02. The summed E-state index contributed by atoms with van der Waals surface area (Å²) in [5.74, 6) is 0.0943. The van der Waals surface area contributed by atoms with Gasteiger partial charge in [-0.3, -0.25) is 14.4 Å². The van der Waals surface area contributed by atoms with Crippen LogP contribution in [-0.2, 0) is 11.3 Å². The van der Waals surface area contributed by atoms with Crippen LogP contribution < -0.4 is 4.90 Å². The van der Waals surface area contributed by atoms with Gasteiger partial charge in [-0.25, -0.2) is 4.98 Å². The standard InChI is InChI=1S/C19H23ClN4OS/c1-5-6-17(25)23(7-8-24-14(4)10-13(3)22-24)19-21-18-12(2)9-15(20)11-16(18)26-19/h9-11H,5-8H2,1-4H3. The summed E-state index contributed by atoms with van der Waals surface area (Å²) in [6, 6.07) is 5.86. The Bertz CT molecular complexity index is 947. The van der Waals surface area contributed by atoms with Gasteiger partial charge in [-0.15, -0.1) is 0 Å². The maximum absolute atomic E-state index is 12.7. The van der Waals surface area contributed by atoms with Gasteiger partial charge in [0.2, 0.25) is 5.91 Å². The number of amides is 1. The molecular weight excluding hydrogens is 368 g/mol. The van der Waals surface area contributed by atoms with E-state index in [1.807, 2.05) is 50.6 Å². The average Bonchev–Trinajstić information content (AvgIpc) is 3.11. The summed E-state index contributed by atoms with van der Waals surface area (Å²) in [7, 11) is 0. The Morgan fingerprint density at radius 3 is 2.69 bits per heavy atom. The van der Waals surface area contributed by atoms with Crippen LogP contribution in [0.4, 0.5) is 5.13 Å². The minimum Gasteiger partial charge on any atom is -0.286 e. The predicted molar refractivity (Wildman–Crippen MR) is 108 cm³/mol. The van der Waals surface area contributed by atoms with Gasteiger partial charge in [0.15, 0.2) is 5.13 Å². The van der Waals surface area contributed by atoms with Crippen molar-refractivity contribution >= 4 is 44.2 Å². The van der Waals surface area contributed by atoms with Crippen molar-refractivity contribution in [2.45, 2.75) is 47.1 Å². The quantitative estimate of drug-likeness (QED) is 0.601. The van der Waals surface area contributed by atoms with Crippen molar-refractivity contribution in [2.24, 2.45) is 0 Å². The van der Waals surface area contributed by atoms with E-state index >= 15 is 0 Å². The van der Waals surface area contributed by atoms with Gasteiger partial charge in [-0.05, 0) is 51.0 Å². The molecule has 0 saturated carbocycles. The molecule has 3 rings (SSSR count). The Morgan fingerprint density at radius 2 is 2.04 bits per heavy atom. The van der Waals surface area contributed by atoms with E-state index in [-0.39, 0.29) is 5.91 Å². The van der Waals surface area contributed by atoms with Crippen LogP contribution in [0.25, 0.3) is 10.2 Å². The smallest absolute Gasteiger partial charge is 0.228 e. The highest BCUT2D eigenvalue weighted by Crippen LogP contribution is 2.33. The van der Waals surface area contributed by atoms with Crippen LogP contribution in [-0.4, -0.2) is 27.2 Å². The highest BCUT2D eigenvalue weighted by molar-refractivity contribution is 7.22. The summed E-state index contributed by atoms with van der Waals surface area (Å²) in [6.07, 6.45) is 1.32. The lowest BCUT2D eigenvalue weighted by Crippen LogP contribution is -2.34. The number of hydrogen-bond acceptors (Lipinski definition) is 4. The molecule has 0 spiro atoms. The number of fused-ring (bicyclic) bond motifs is 1. The Kier molecular flexibility index (Phi) is 5.63. The van der Waals surface area contributed by atoms with E-state index < -0.39 is 0 Å². The zero-order valence-electron chi connectivity index (χ0n) is 15.5. The monoisotopic (exact) mass is 390 g/mol. The molecule has 7 heteroatoms. The number of anilines is 1. The van der Waals surface area contributed by atoms with Crippen LogP contribution >= 0.6 is 22.9 Å². The van der Waals surface area contributed by atoms with Crippen LogP contribution in [0.5, 0.6) is 0 Å². The van der Waals surface area contributed by atoms with Crippen molar-refractivity contribution < 1.29 is 4.79 Å². The third-order valence-corrected chi connectivity index (χ3v) is 5.52. The summed E-state index contributed by atoms with van der Waals surface area (Å²) >= 11 is 7.69. The second kappa shape index (κ2) is 7.76. The first-order valence-corrected chi connectivity index (χ1v) is 9.96. The lowest BCUT2D eigenvalue weighted by molar-refractivity contribution is -0.118. The fourth-order valence-electron chi connectivity index (χ4n) is 3.03. The van der Waals surface area contributed by atoms with E-state index in [2.05, 4.69) is 5.10 Å². The Labute approximate surface area is 162 Å². The van der Waals surface area contributed by atoms with Gasteiger partial charge >= 0.3 is 0 Å². The van der Waals surface area contributed by atoms with E-state index in [9.17, 15) is 4.79 Å². The number of nitrogens with zero attached hydrogens (tertiary/aromatic N) is 4. The van der Waals surface area contributed by atoms with Crippen molar-refractivity contribution in [3.8, 4) is 0 Å². The van der Waals surface area contributed by atoms with Crippen LogP contribution in [0, 0.1) is 20.8 Å². The second-order valence-electron chi connectivity index (χ2n) is 6.51. The number of thiazole rings is 1. The van der Waals surface area contributed by atoms with Gasteiger partial charge in [0.05, 0.1) is 22.5 Å². The number of carbonyl (C=O) groups is 1. The normalized spacial score (nSPS) is 11.3. The second-order valence-corrected chi connectivity index (χ2v) is 7.96. The van der Waals surface area contributed by atoms with Crippen molar-refractivity contribution in [1.82, 2.24) is 14.8 Å². The average molecular weight is 391 g/mol. The van der Waals surface area contributed by atoms with Crippen LogP contribution in [0.3, 0.4) is 0 Å². The Balaban J connectivity index is 1.92. The molecule has 2 heterocycles. The molecule has 5 nitrogen and oxygen atoms in total. The zero-order valence-corrected chi connectivity index (χ0v) is 17.1. The van der Waals surface area contributed by atoms with Crippen molar-refractivity contribution in [3.05, 3.63) is 40.2 Å². The van der Waals surface area contributed by atoms with Gasteiger partial charge < -0.3 is 0 Å². The lowest BCUT2D eigenvalue weighted by atomic mass is 10.2. The van der Waals surface area contributed by atoms with Gasteiger partial charge in [-0.1, -0.05) is 29.9 Å². The number of aromatic nitrogens is 3. The molecule has 0 aliphatic carbocycles. The molecular formula is C19H23ClN4OS. The number of benzene rings is 1. The molecule has 1 aromatic carbocycles. The first kappa shape index (κ1) is 18.9. The Hall–Kier alpha value is -1.92. The van der Waals surface area contributed by atoms with E-state index in [0.717, 1.165) is 38.7 Å². The van der Waals surface area contributed by atoms with Crippen molar-refractivity contribution in [3.63, 3.8) is 0 Å². The number of hydrogen-bond donors (Lipinski definition) is 0. The molecule has 0 aliphatic rings. The van der Waals surface area contributed by atoms with E-state index in [1.54, 1.807) is 4.90 Å². The minimum atomic E-state index is 0.0943. The molecule has 138 valence electrons. The summed E-state index contributed by atoms with van der Waals surface area (Å²) in [6.45, 7) is 9.20. The number of halogens is 1. The fraction of sp³-hybridized carbons (Fsp3) is 0.421. The van der Waals surface area contributed by atoms with Crippen molar-refractivity contribution in [2.75, 3.05) is 11.4 Å². The maximum atomic E-state index is 12.7. The molecule has 0 fully saturated rings. The van der Waals surface area contributed by atoms with E-state index in [4.69, 9.17) is 16.6 Å². The molecule has 0 unspecified atom stereocenters. The maximum Gasteiger partial charge on any atom is 0.228 e. The highest BCUT2D eigenvalue weighted by atomic mass is 35.5. The van der Waals surface area contributed by atoms with Crippen molar-refractivity contribution in [1.29, 1.82) is 0 Å². The Morgan fingerprint density at radius 1 is 1.27 bits per heavy atom. The first-order chi connectivity index (χ1) is 12.4. The number of carbonyl (C=O) groups excluding carboxylic acids is 1.